The maximum atomic E-state index is 11.8. The van der Waals surface area contributed by atoms with Gasteiger partial charge in [0, 0.05) is 21.1 Å². The smallest absolute Gasteiger partial charge is 0.332 e. The number of H-pyrrole nitrogens is 1. The summed E-state index contributed by atoms with van der Waals surface area (Å²) in [7, 11) is 4.02. The van der Waals surface area contributed by atoms with E-state index in [0.29, 0.717) is 0 Å². The molecule has 0 atom stereocenters. The maximum Gasteiger partial charge on any atom is 0.332 e. The number of carbonyl (C=O) groups excluding carboxylic acids is 1. The Kier molecular flexibility index (Phi) is 2.81. The molecule has 2 aromatic heterocycles. The number of aromatic nitrogens is 4. The van der Waals surface area contributed by atoms with Crippen LogP contribution in [0.25, 0.3) is 11.2 Å². The van der Waals surface area contributed by atoms with Gasteiger partial charge in [0.1, 0.15) is 0 Å². The molecule has 19 heavy (non-hydrogen) atoms. The predicted molar refractivity (Wildman–Crippen MR) is 66.2 cm³/mol. The summed E-state index contributed by atoms with van der Waals surface area (Å²) in [5, 5.41) is 2.25. The Labute approximate surface area is 105 Å². The van der Waals surface area contributed by atoms with Gasteiger partial charge in [0.2, 0.25) is 0 Å². The maximum absolute atomic E-state index is 11.8. The van der Waals surface area contributed by atoms with Crippen LogP contribution in [0.2, 0.25) is 0 Å². The molecule has 0 unspecified atom stereocenters. The van der Waals surface area contributed by atoms with Crippen LogP contribution in [0.15, 0.2) is 14.4 Å². The second kappa shape index (κ2) is 4.19. The van der Waals surface area contributed by atoms with Crippen molar-refractivity contribution in [2.45, 2.75) is 0 Å². The average molecular weight is 265 g/mol. The SMILES string of the molecule is CNC(=O)c1nc2c([nH]c1=O)c(=O)n(C)c(=O)n2C. The van der Waals surface area contributed by atoms with Crippen LogP contribution in [0.4, 0.5) is 0 Å². The van der Waals surface area contributed by atoms with Crippen LogP contribution < -0.4 is 22.1 Å². The van der Waals surface area contributed by atoms with E-state index in [2.05, 4.69) is 15.3 Å². The van der Waals surface area contributed by atoms with Gasteiger partial charge < -0.3 is 10.3 Å². The van der Waals surface area contributed by atoms with Gasteiger partial charge in [0.25, 0.3) is 17.0 Å². The molecule has 2 heterocycles. The van der Waals surface area contributed by atoms with E-state index < -0.39 is 28.4 Å². The van der Waals surface area contributed by atoms with Crippen molar-refractivity contribution in [2.75, 3.05) is 7.05 Å². The summed E-state index contributed by atoms with van der Waals surface area (Å²) in [6.45, 7) is 0. The zero-order chi connectivity index (χ0) is 14.3. The fraction of sp³-hybridized carbons (Fsp3) is 0.300. The third kappa shape index (κ3) is 1.75. The monoisotopic (exact) mass is 265 g/mol. The molecule has 9 nitrogen and oxygen atoms in total. The Morgan fingerprint density at radius 3 is 2.42 bits per heavy atom. The molecule has 2 aromatic rings. The molecule has 9 heteroatoms. The van der Waals surface area contributed by atoms with Crippen molar-refractivity contribution in [3.63, 3.8) is 0 Å². The van der Waals surface area contributed by atoms with Crippen LogP contribution in [0.3, 0.4) is 0 Å². The Hall–Kier alpha value is -2.71. The standard InChI is InChI=1S/C10H11N5O4/c1-11-7(16)5-8(17)13-4-6(12-5)14(2)10(19)15(3)9(4)18/h1-3H3,(H,11,16)(H,13,17). The van der Waals surface area contributed by atoms with Gasteiger partial charge in [-0.05, 0) is 0 Å². The third-order valence-electron chi connectivity index (χ3n) is 2.75. The highest BCUT2D eigenvalue weighted by molar-refractivity contribution is 5.93. The molecule has 0 fully saturated rings. The van der Waals surface area contributed by atoms with Crippen LogP contribution in [0.5, 0.6) is 0 Å². The quantitative estimate of drug-likeness (QED) is 0.600. The van der Waals surface area contributed by atoms with Crippen molar-refractivity contribution < 1.29 is 4.79 Å². The molecule has 0 aliphatic carbocycles. The summed E-state index contributed by atoms with van der Waals surface area (Å²) in [5.74, 6) is -0.698. The first-order chi connectivity index (χ1) is 8.88. The number of fused-ring (bicyclic) bond motifs is 1. The van der Waals surface area contributed by atoms with E-state index in [-0.39, 0.29) is 11.2 Å². The number of aromatic amines is 1. The van der Waals surface area contributed by atoms with Crippen molar-refractivity contribution in [3.05, 3.63) is 36.9 Å². The number of hydrogen-bond donors (Lipinski definition) is 2. The van der Waals surface area contributed by atoms with Crippen LogP contribution in [-0.4, -0.2) is 32.1 Å². The molecular weight excluding hydrogens is 254 g/mol. The minimum atomic E-state index is -0.789. The van der Waals surface area contributed by atoms with E-state index in [9.17, 15) is 19.2 Å². The van der Waals surface area contributed by atoms with Gasteiger partial charge in [-0.3, -0.25) is 23.5 Å². The molecule has 0 saturated heterocycles. The van der Waals surface area contributed by atoms with Gasteiger partial charge in [0.15, 0.2) is 16.9 Å². The summed E-state index contributed by atoms with van der Waals surface area (Å²) in [4.78, 5) is 52.8. The highest BCUT2D eigenvalue weighted by Gasteiger charge is 2.16. The fourth-order valence-corrected chi connectivity index (χ4v) is 1.68. The Morgan fingerprint density at radius 1 is 1.21 bits per heavy atom. The summed E-state index contributed by atoms with van der Waals surface area (Å²) < 4.78 is 1.93. The van der Waals surface area contributed by atoms with Crippen molar-refractivity contribution in [2.24, 2.45) is 14.1 Å². The van der Waals surface area contributed by atoms with Gasteiger partial charge >= 0.3 is 5.69 Å². The largest absolute Gasteiger partial charge is 0.354 e. The molecule has 0 radical (unpaired) electrons. The number of aryl methyl sites for hydroxylation is 1. The minimum absolute atomic E-state index is 0.0497. The summed E-state index contributed by atoms with van der Waals surface area (Å²) >= 11 is 0. The number of nitrogens with zero attached hydrogens (tertiary/aromatic N) is 3. The van der Waals surface area contributed by atoms with E-state index >= 15 is 0 Å². The topological polar surface area (TPSA) is 119 Å². The predicted octanol–water partition coefficient (Wildman–Crippen LogP) is -2.32. The Balaban J connectivity index is 3.04. The van der Waals surface area contributed by atoms with Gasteiger partial charge in [-0.25, -0.2) is 9.78 Å². The van der Waals surface area contributed by atoms with Gasteiger partial charge in [-0.2, -0.15) is 0 Å². The fourth-order valence-electron chi connectivity index (χ4n) is 1.68. The zero-order valence-corrected chi connectivity index (χ0v) is 10.5. The summed E-state index contributed by atoms with van der Waals surface area (Å²) in [5.41, 5.74) is -2.64. The molecule has 2 N–H and O–H groups in total. The third-order valence-corrected chi connectivity index (χ3v) is 2.75. The van der Waals surface area contributed by atoms with Gasteiger partial charge in [-0.1, -0.05) is 0 Å². The number of nitrogens with one attached hydrogen (secondary N) is 2. The molecule has 1 amide bonds. The van der Waals surface area contributed by atoms with E-state index in [4.69, 9.17) is 0 Å². The second-order valence-corrected chi connectivity index (χ2v) is 3.90. The van der Waals surface area contributed by atoms with E-state index in [0.717, 1.165) is 9.13 Å². The normalized spacial score (nSPS) is 10.7. The highest BCUT2D eigenvalue weighted by Crippen LogP contribution is 1.98. The van der Waals surface area contributed by atoms with E-state index in [1.165, 1.54) is 21.1 Å². The number of rotatable bonds is 1. The van der Waals surface area contributed by atoms with Crippen molar-refractivity contribution in [1.29, 1.82) is 0 Å². The molecule has 2 rings (SSSR count). The van der Waals surface area contributed by atoms with Crippen LogP contribution in [-0.2, 0) is 14.1 Å². The lowest BCUT2D eigenvalue weighted by atomic mass is 10.4. The van der Waals surface area contributed by atoms with Crippen molar-refractivity contribution >= 4 is 17.1 Å². The van der Waals surface area contributed by atoms with Crippen LogP contribution in [0.1, 0.15) is 10.5 Å². The van der Waals surface area contributed by atoms with Gasteiger partial charge in [0.05, 0.1) is 0 Å². The van der Waals surface area contributed by atoms with Gasteiger partial charge in [-0.15, -0.1) is 0 Å². The Bertz CT molecular complexity index is 857. The molecule has 0 aliphatic rings. The average Bonchev–Trinajstić information content (AvgIpc) is 2.41. The molecule has 0 spiro atoms. The minimum Gasteiger partial charge on any atom is -0.354 e. The highest BCUT2D eigenvalue weighted by atomic mass is 16.2. The Morgan fingerprint density at radius 2 is 1.84 bits per heavy atom. The molecule has 100 valence electrons. The molecule has 0 aromatic carbocycles. The number of hydrogen-bond acceptors (Lipinski definition) is 5. The summed E-state index contributed by atoms with van der Waals surface area (Å²) in [6.07, 6.45) is 0. The van der Waals surface area contributed by atoms with Crippen molar-refractivity contribution in [3.8, 4) is 0 Å². The zero-order valence-electron chi connectivity index (χ0n) is 10.5. The van der Waals surface area contributed by atoms with Crippen LogP contribution >= 0.6 is 0 Å². The molecule has 0 saturated carbocycles. The second-order valence-electron chi connectivity index (χ2n) is 3.90. The van der Waals surface area contributed by atoms with E-state index in [1.54, 1.807) is 0 Å². The molecule has 0 bridgehead atoms. The first-order valence-corrected chi connectivity index (χ1v) is 5.30. The first-order valence-electron chi connectivity index (χ1n) is 5.30. The van der Waals surface area contributed by atoms with Crippen molar-refractivity contribution in [1.82, 2.24) is 24.4 Å². The molecular formula is C10H11N5O4. The molecule has 0 aliphatic heterocycles. The number of amides is 1. The lowest BCUT2D eigenvalue weighted by Gasteiger charge is -2.07. The number of carbonyl (C=O) groups is 1. The van der Waals surface area contributed by atoms with E-state index in [1.807, 2.05) is 0 Å². The lowest BCUT2D eigenvalue weighted by molar-refractivity contribution is 0.0957. The lowest BCUT2D eigenvalue weighted by Crippen LogP contribution is -2.40. The first kappa shape index (κ1) is 12.7. The summed E-state index contributed by atoms with van der Waals surface area (Å²) in [6, 6.07) is 0. The van der Waals surface area contributed by atoms with Crippen LogP contribution in [0, 0.1) is 0 Å².